The van der Waals surface area contributed by atoms with Gasteiger partial charge in [-0.25, -0.2) is 4.79 Å². The average molecular weight is 437 g/mol. The van der Waals surface area contributed by atoms with Crippen molar-refractivity contribution in [1.29, 1.82) is 0 Å². The fourth-order valence-electron chi connectivity index (χ4n) is 3.76. The number of alkyl halides is 3. The average Bonchev–Trinajstić information content (AvgIpc) is 3.08. The molecule has 1 aliphatic carbocycles. The lowest BCUT2D eigenvalue weighted by Crippen LogP contribution is -2.26. The van der Waals surface area contributed by atoms with Gasteiger partial charge in [-0.1, -0.05) is 60.4 Å². The van der Waals surface area contributed by atoms with E-state index in [0.29, 0.717) is 6.07 Å². The van der Waals surface area contributed by atoms with E-state index in [4.69, 9.17) is 4.74 Å². The maximum atomic E-state index is 12.8. The van der Waals surface area contributed by atoms with Gasteiger partial charge >= 0.3 is 12.3 Å². The second kappa shape index (κ2) is 8.67. The highest BCUT2D eigenvalue weighted by molar-refractivity contribution is 5.79. The molecule has 0 spiro atoms. The second-order valence-corrected chi connectivity index (χ2v) is 7.25. The van der Waals surface area contributed by atoms with Gasteiger partial charge in [0.1, 0.15) is 12.4 Å². The van der Waals surface area contributed by atoms with E-state index in [1.807, 2.05) is 48.5 Å². The van der Waals surface area contributed by atoms with E-state index in [-0.39, 0.29) is 24.6 Å². The van der Waals surface area contributed by atoms with Crippen LogP contribution >= 0.6 is 0 Å². The van der Waals surface area contributed by atoms with Crippen LogP contribution in [0, 0.1) is 11.8 Å². The minimum Gasteiger partial charge on any atom is -0.508 e. The summed E-state index contributed by atoms with van der Waals surface area (Å²) in [7, 11) is 0. The maximum Gasteiger partial charge on any atom is 0.416 e. The van der Waals surface area contributed by atoms with Gasteiger partial charge in [-0.3, -0.25) is 0 Å². The van der Waals surface area contributed by atoms with Crippen molar-refractivity contribution in [2.75, 3.05) is 13.2 Å². The molecule has 0 bridgehead atoms. The molecule has 0 aliphatic heterocycles. The molecule has 1 aliphatic rings. The number of rotatable bonds is 3. The summed E-state index contributed by atoms with van der Waals surface area (Å²) < 4.78 is 43.8. The molecule has 0 fully saturated rings. The van der Waals surface area contributed by atoms with Crippen molar-refractivity contribution in [3.8, 4) is 28.7 Å². The lowest BCUT2D eigenvalue weighted by atomic mass is 9.98. The van der Waals surface area contributed by atoms with Crippen molar-refractivity contribution in [3.63, 3.8) is 0 Å². The topological polar surface area (TPSA) is 58.6 Å². The van der Waals surface area contributed by atoms with Crippen LogP contribution in [-0.4, -0.2) is 24.4 Å². The van der Waals surface area contributed by atoms with E-state index >= 15 is 0 Å². The lowest BCUT2D eigenvalue weighted by molar-refractivity contribution is -0.137. The number of aromatic hydroxyl groups is 1. The maximum absolute atomic E-state index is 12.8. The molecule has 0 radical (unpaired) electrons. The van der Waals surface area contributed by atoms with E-state index < -0.39 is 23.6 Å². The van der Waals surface area contributed by atoms with Crippen molar-refractivity contribution in [2.24, 2.45) is 0 Å². The molecule has 0 saturated carbocycles. The molecule has 3 aromatic rings. The summed E-state index contributed by atoms with van der Waals surface area (Å²) in [4.78, 5) is 12.1. The zero-order valence-electron chi connectivity index (χ0n) is 16.7. The van der Waals surface area contributed by atoms with Crippen molar-refractivity contribution in [2.45, 2.75) is 12.1 Å². The standard InChI is InChI=1S/C25H18F3NO3/c26-25(27,28)17-12-16(13-18(30)14-17)6-5-11-29-24(31)32-15-23-21-9-3-1-7-19(21)20-8-2-4-10-22(20)23/h1-4,7-10,12-14,23,30H,11,15H2,(H,29,31). The third-order valence-electron chi connectivity index (χ3n) is 5.14. The van der Waals surface area contributed by atoms with Gasteiger partial charge in [0, 0.05) is 11.5 Å². The Kier molecular flexibility index (Phi) is 5.78. The predicted octanol–water partition coefficient (Wildman–Crippen LogP) is 5.30. The monoisotopic (exact) mass is 437 g/mol. The number of amides is 1. The number of carbonyl (C=O) groups is 1. The number of hydrogen-bond donors (Lipinski definition) is 2. The molecule has 4 rings (SSSR count). The molecule has 0 saturated heterocycles. The summed E-state index contributed by atoms with van der Waals surface area (Å²) >= 11 is 0. The van der Waals surface area contributed by atoms with Gasteiger partial charge in [-0.05, 0) is 40.5 Å². The Hall–Kier alpha value is -3.92. The van der Waals surface area contributed by atoms with Crippen molar-refractivity contribution in [1.82, 2.24) is 5.32 Å². The summed E-state index contributed by atoms with van der Waals surface area (Å²) in [5.41, 5.74) is 3.41. The van der Waals surface area contributed by atoms with Crippen LogP contribution in [0.25, 0.3) is 11.1 Å². The Morgan fingerprint density at radius 3 is 2.25 bits per heavy atom. The highest BCUT2D eigenvalue weighted by atomic mass is 19.4. The van der Waals surface area contributed by atoms with Crippen LogP contribution in [0.1, 0.15) is 28.2 Å². The molecule has 7 heteroatoms. The first-order valence-corrected chi connectivity index (χ1v) is 9.82. The van der Waals surface area contributed by atoms with Crippen LogP contribution in [0.5, 0.6) is 5.75 Å². The van der Waals surface area contributed by atoms with Gasteiger partial charge < -0.3 is 15.2 Å². The van der Waals surface area contributed by atoms with E-state index in [1.165, 1.54) is 0 Å². The van der Waals surface area contributed by atoms with Crippen molar-refractivity contribution >= 4 is 6.09 Å². The van der Waals surface area contributed by atoms with E-state index in [1.54, 1.807) is 0 Å². The zero-order valence-corrected chi connectivity index (χ0v) is 16.7. The Morgan fingerprint density at radius 2 is 1.62 bits per heavy atom. The summed E-state index contributed by atoms with van der Waals surface area (Å²) in [6, 6.07) is 18.5. The Bertz CT molecular complexity index is 1180. The largest absolute Gasteiger partial charge is 0.508 e. The summed E-state index contributed by atoms with van der Waals surface area (Å²) in [5, 5.41) is 11.9. The van der Waals surface area contributed by atoms with Crippen LogP contribution < -0.4 is 5.32 Å². The number of ether oxygens (including phenoxy) is 1. The fraction of sp³-hybridized carbons (Fsp3) is 0.160. The van der Waals surface area contributed by atoms with Gasteiger partial charge in [-0.15, -0.1) is 0 Å². The molecular formula is C25H18F3NO3. The highest BCUT2D eigenvalue weighted by Gasteiger charge is 2.31. The SMILES string of the molecule is O=C(NCC#Cc1cc(O)cc(C(F)(F)F)c1)OCC1c2ccccc2-c2ccccc21. The number of alkyl carbamates (subject to hydrolysis) is 1. The molecule has 2 N–H and O–H groups in total. The van der Waals surface area contributed by atoms with Crippen LogP contribution in [0.15, 0.2) is 66.7 Å². The van der Waals surface area contributed by atoms with E-state index in [0.717, 1.165) is 34.4 Å². The number of carbonyl (C=O) groups excluding carboxylic acids is 1. The van der Waals surface area contributed by atoms with Gasteiger partial charge in [0.15, 0.2) is 0 Å². The molecule has 0 unspecified atom stereocenters. The van der Waals surface area contributed by atoms with Crippen LogP contribution in [-0.2, 0) is 10.9 Å². The summed E-state index contributed by atoms with van der Waals surface area (Å²) in [6.45, 7) is 0.0302. The molecule has 0 aromatic heterocycles. The number of phenolic OH excluding ortho intramolecular Hbond substituents is 1. The van der Waals surface area contributed by atoms with Gasteiger partial charge in [-0.2, -0.15) is 13.2 Å². The minimum absolute atomic E-state index is 0.00772. The molecule has 162 valence electrons. The van der Waals surface area contributed by atoms with Crippen LogP contribution in [0.2, 0.25) is 0 Å². The summed E-state index contributed by atoms with van der Waals surface area (Å²) in [5.74, 6) is 4.44. The molecule has 0 heterocycles. The normalized spacial score (nSPS) is 12.3. The Morgan fingerprint density at radius 1 is 1.00 bits per heavy atom. The fourth-order valence-corrected chi connectivity index (χ4v) is 3.76. The van der Waals surface area contributed by atoms with Gasteiger partial charge in [0.2, 0.25) is 0 Å². The third kappa shape index (κ3) is 4.54. The number of halogens is 3. The first-order chi connectivity index (χ1) is 15.3. The van der Waals surface area contributed by atoms with E-state index in [2.05, 4.69) is 17.2 Å². The minimum atomic E-state index is -4.59. The van der Waals surface area contributed by atoms with E-state index in [9.17, 15) is 23.1 Å². The smallest absolute Gasteiger partial charge is 0.416 e. The highest BCUT2D eigenvalue weighted by Crippen LogP contribution is 2.44. The van der Waals surface area contributed by atoms with Crippen molar-refractivity contribution in [3.05, 3.63) is 89.0 Å². The first-order valence-electron chi connectivity index (χ1n) is 9.82. The molecule has 4 nitrogen and oxygen atoms in total. The zero-order chi connectivity index (χ0) is 22.7. The van der Waals surface area contributed by atoms with Crippen LogP contribution in [0.3, 0.4) is 0 Å². The number of nitrogens with one attached hydrogen (secondary N) is 1. The number of phenols is 1. The first kappa shape index (κ1) is 21.3. The summed E-state index contributed by atoms with van der Waals surface area (Å²) in [6.07, 6.45) is -5.26. The molecule has 1 amide bonds. The quantitative estimate of drug-likeness (QED) is 0.547. The van der Waals surface area contributed by atoms with Crippen molar-refractivity contribution < 1.29 is 27.8 Å². The molecule has 32 heavy (non-hydrogen) atoms. The number of fused-ring (bicyclic) bond motifs is 3. The van der Waals surface area contributed by atoms with Gasteiger partial charge in [0.05, 0.1) is 12.1 Å². The third-order valence-corrected chi connectivity index (χ3v) is 5.14. The number of hydrogen-bond acceptors (Lipinski definition) is 3. The Labute approximate surface area is 182 Å². The molecular weight excluding hydrogens is 419 g/mol. The Balaban J connectivity index is 1.35. The number of benzene rings is 3. The second-order valence-electron chi connectivity index (χ2n) is 7.25. The van der Waals surface area contributed by atoms with Gasteiger partial charge in [0.25, 0.3) is 0 Å². The van der Waals surface area contributed by atoms with Crippen LogP contribution in [0.4, 0.5) is 18.0 Å². The predicted molar refractivity (Wildman–Crippen MR) is 113 cm³/mol. The molecule has 3 aromatic carbocycles. The lowest BCUT2D eigenvalue weighted by Gasteiger charge is -2.14. The molecule has 0 atom stereocenters.